The van der Waals surface area contributed by atoms with Gasteiger partial charge in [-0.25, -0.2) is 0 Å². The van der Waals surface area contributed by atoms with Gasteiger partial charge in [0.05, 0.1) is 11.4 Å². The van der Waals surface area contributed by atoms with E-state index in [0.29, 0.717) is 24.7 Å². The lowest BCUT2D eigenvalue weighted by Gasteiger charge is -2.42. The smallest absolute Gasteiger partial charge is 0.253 e. The maximum Gasteiger partial charge on any atom is 0.253 e. The molecule has 6 heteroatoms. The first kappa shape index (κ1) is 22.0. The lowest BCUT2D eigenvalue weighted by molar-refractivity contribution is 0.0772. The molecule has 1 aromatic heterocycles. The Bertz CT molecular complexity index is 1100. The van der Waals surface area contributed by atoms with Gasteiger partial charge in [0, 0.05) is 49.2 Å². The number of piperidine rings is 1. The van der Waals surface area contributed by atoms with Crippen LogP contribution >= 0.6 is 11.3 Å². The zero-order valence-corrected chi connectivity index (χ0v) is 20.2. The van der Waals surface area contributed by atoms with Crippen LogP contribution in [0, 0.1) is 0 Å². The van der Waals surface area contributed by atoms with Crippen LogP contribution in [0.1, 0.15) is 41.9 Å². The van der Waals surface area contributed by atoms with Crippen LogP contribution in [0.25, 0.3) is 0 Å². The topological polar surface area (TPSA) is 36.0 Å². The summed E-state index contributed by atoms with van der Waals surface area (Å²) in [5.41, 5.74) is 2.86. The number of likely N-dealkylation sites (tertiary alicyclic amines) is 1. The molecule has 3 aromatic rings. The molecular weight excluding hydrogens is 430 g/mol. The van der Waals surface area contributed by atoms with E-state index in [1.165, 1.54) is 4.88 Å². The van der Waals surface area contributed by atoms with Crippen molar-refractivity contribution in [3.8, 4) is 11.5 Å². The Morgan fingerprint density at radius 2 is 1.76 bits per heavy atom. The van der Waals surface area contributed by atoms with Gasteiger partial charge in [-0.3, -0.25) is 9.69 Å². The molecule has 33 heavy (non-hydrogen) atoms. The van der Waals surface area contributed by atoms with Crippen molar-refractivity contribution >= 4 is 28.6 Å². The molecule has 0 unspecified atom stereocenters. The minimum atomic E-state index is 0.0543. The fourth-order valence-corrected chi connectivity index (χ4v) is 5.71. The number of fused-ring (bicyclic) bond motifs is 2. The number of benzene rings is 2. The predicted molar refractivity (Wildman–Crippen MR) is 135 cm³/mol. The first-order valence-corrected chi connectivity index (χ1v) is 12.8. The van der Waals surface area contributed by atoms with E-state index in [1.807, 2.05) is 54.3 Å². The Morgan fingerprint density at radius 1 is 1.00 bits per heavy atom. The van der Waals surface area contributed by atoms with Gasteiger partial charge in [0.1, 0.15) is 0 Å². The molecule has 0 saturated carbocycles. The number of ether oxygens (including phenoxy) is 1. The lowest BCUT2D eigenvalue weighted by atomic mass is 9.99. The van der Waals surface area contributed by atoms with Gasteiger partial charge in [-0.2, -0.15) is 0 Å². The van der Waals surface area contributed by atoms with E-state index in [9.17, 15) is 4.79 Å². The zero-order valence-electron chi connectivity index (χ0n) is 19.4. The normalized spacial score (nSPS) is 16.1. The number of amides is 1. The number of hydrogen-bond acceptors (Lipinski definition) is 5. The lowest BCUT2D eigenvalue weighted by Crippen LogP contribution is -2.43. The minimum absolute atomic E-state index is 0.0543. The number of thiophene rings is 1. The van der Waals surface area contributed by atoms with Gasteiger partial charge >= 0.3 is 0 Å². The second kappa shape index (κ2) is 9.57. The van der Waals surface area contributed by atoms with Crippen molar-refractivity contribution in [1.29, 1.82) is 0 Å². The molecule has 2 aliphatic rings. The molecule has 0 atom stereocenters. The summed E-state index contributed by atoms with van der Waals surface area (Å²) >= 11 is 1.84. The minimum Gasteiger partial charge on any atom is -0.453 e. The summed E-state index contributed by atoms with van der Waals surface area (Å²) in [7, 11) is 0. The number of carbonyl (C=O) groups excluding carboxylic acids is 1. The highest BCUT2D eigenvalue weighted by atomic mass is 32.1. The molecule has 0 aliphatic carbocycles. The van der Waals surface area contributed by atoms with E-state index >= 15 is 0 Å². The van der Waals surface area contributed by atoms with Crippen molar-refractivity contribution in [2.45, 2.75) is 39.3 Å². The number of hydrogen-bond donors (Lipinski definition) is 0. The molecule has 2 aliphatic heterocycles. The molecule has 5 nitrogen and oxygen atoms in total. The van der Waals surface area contributed by atoms with Gasteiger partial charge in [-0.15, -0.1) is 11.3 Å². The standard InChI is InChI=1S/C27H31N3O2S/c1-3-29(4-2)27(31)20-11-12-24-26(18-20)32-25-10-6-5-9-23(25)30(24)21-13-15-28(16-14-21)19-22-8-7-17-33-22/h5-12,17-18,21H,3-4,13-16,19H2,1-2H3. The van der Waals surface area contributed by atoms with Crippen LogP contribution in [0.5, 0.6) is 11.5 Å². The Balaban J connectivity index is 1.41. The number of nitrogens with zero attached hydrogens (tertiary/aromatic N) is 3. The summed E-state index contributed by atoms with van der Waals surface area (Å²) in [6, 6.07) is 19.0. The van der Waals surface area contributed by atoms with Crippen LogP contribution in [0.15, 0.2) is 60.0 Å². The Morgan fingerprint density at radius 3 is 2.48 bits per heavy atom. The van der Waals surface area contributed by atoms with Gasteiger partial charge < -0.3 is 14.5 Å². The van der Waals surface area contributed by atoms with Crippen molar-refractivity contribution in [3.63, 3.8) is 0 Å². The number of anilines is 2. The molecule has 5 rings (SSSR count). The average molecular weight is 462 g/mol. The third kappa shape index (κ3) is 4.37. The monoisotopic (exact) mass is 461 g/mol. The van der Waals surface area contributed by atoms with Gasteiger partial charge in [0.15, 0.2) is 11.5 Å². The largest absolute Gasteiger partial charge is 0.453 e. The number of carbonyl (C=O) groups is 1. The Labute approximate surface area is 200 Å². The highest BCUT2D eigenvalue weighted by Gasteiger charge is 2.33. The van der Waals surface area contributed by atoms with Crippen molar-refractivity contribution in [3.05, 3.63) is 70.4 Å². The van der Waals surface area contributed by atoms with E-state index in [4.69, 9.17) is 4.74 Å². The van der Waals surface area contributed by atoms with E-state index in [0.717, 1.165) is 55.3 Å². The second-order valence-corrected chi connectivity index (χ2v) is 9.72. The maximum atomic E-state index is 12.9. The van der Waals surface area contributed by atoms with E-state index in [2.05, 4.69) is 45.5 Å². The van der Waals surface area contributed by atoms with E-state index in [1.54, 1.807) is 0 Å². The highest BCUT2D eigenvalue weighted by molar-refractivity contribution is 7.09. The highest BCUT2D eigenvalue weighted by Crippen LogP contribution is 2.49. The van der Waals surface area contributed by atoms with Crippen LogP contribution in [0.4, 0.5) is 11.4 Å². The maximum absolute atomic E-state index is 12.9. The summed E-state index contributed by atoms with van der Waals surface area (Å²) in [6.45, 7) is 8.63. The van der Waals surface area contributed by atoms with Gasteiger partial charge in [0.2, 0.25) is 0 Å². The summed E-state index contributed by atoms with van der Waals surface area (Å²) in [4.78, 5) is 21.2. The van der Waals surface area contributed by atoms with E-state index in [-0.39, 0.29) is 5.91 Å². The predicted octanol–water partition coefficient (Wildman–Crippen LogP) is 6.14. The number of para-hydroxylation sites is 2. The third-order valence-corrected chi connectivity index (χ3v) is 7.60. The third-order valence-electron chi connectivity index (χ3n) is 6.74. The SMILES string of the molecule is CCN(CC)C(=O)c1ccc2c(c1)Oc1ccccc1N2C1CCN(Cc2cccs2)CC1. The van der Waals surface area contributed by atoms with Crippen LogP contribution in [-0.4, -0.2) is 47.9 Å². The van der Waals surface area contributed by atoms with Crippen LogP contribution in [0.2, 0.25) is 0 Å². The first-order chi connectivity index (χ1) is 16.2. The fourth-order valence-electron chi connectivity index (χ4n) is 4.96. The quantitative estimate of drug-likeness (QED) is 0.442. The van der Waals surface area contributed by atoms with Crippen molar-refractivity contribution in [2.75, 3.05) is 31.1 Å². The average Bonchev–Trinajstić information content (AvgIpc) is 3.36. The molecule has 0 radical (unpaired) electrons. The second-order valence-electron chi connectivity index (χ2n) is 8.69. The van der Waals surface area contributed by atoms with Gasteiger partial charge in [-0.05, 0) is 68.5 Å². The Hall–Kier alpha value is -2.83. The molecule has 3 heterocycles. The van der Waals surface area contributed by atoms with Crippen molar-refractivity contribution in [1.82, 2.24) is 9.80 Å². The fraction of sp³-hybridized carbons (Fsp3) is 0.370. The summed E-state index contributed by atoms with van der Waals surface area (Å²) in [5.74, 6) is 1.69. The van der Waals surface area contributed by atoms with Crippen LogP contribution < -0.4 is 9.64 Å². The molecule has 172 valence electrons. The van der Waals surface area contributed by atoms with Crippen LogP contribution in [0.3, 0.4) is 0 Å². The molecule has 2 aromatic carbocycles. The molecule has 1 fully saturated rings. The van der Waals surface area contributed by atoms with Crippen LogP contribution in [-0.2, 0) is 6.54 Å². The van der Waals surface area contributed by atoms with E-state index < -0.39 is 0 Å². The molecule has 1 saturated heterocycles. The zero-order chi connectivity index (χ0) is 22.8. The van der Waals surface area contributed by atoms with Crippen molar-refractivity contribution in [2.24, 2.45) is 0 Å². The summed E-state index contributed by atoms with van der Waals surface area (Å²) in [5, 5.41) is 2.16. The van der Waals surface area contributed by atoms with Gasteiger partial charge in [0.25, 0.3) is 5.91 Å². The summed E-state index contributed by atoms with van der Waals surface area (Å²) in [6.07, 6.45) is 2.19. The summed E-state index contributed by atoms with van der Waals surface area (Å²) < 4.78 is 6.31. The molecule has 0 spiro atoms. The molecule has 0 bridgehead atoms. The molecule has 1 amide bonds. The number of rotatable bonds is 6. The first-order valence-electron chi connectivity index (χ1n) is 11.9. The molecular formula is C27H31N3O2S. The van der Waals surface area contributed by atoms with Crippen molar-refractivity contribution < 1.29 is 9.53 Å². The van der Waals surface area contributed by atoms with Gasteiger partial charge in [-0.1, -0.05) is 18.2 Å². The molecule has 0 N–H and O–H groups in total. The Kier molecular flexibility index (Phi) is 6.38.